The Balaban J connectivity index is 2.32. The van der Waals surface area contributed by atoms with Gasteiger partial charge in [-0.3, -0.25) is 0 Å². The third-order valence-corrected chi connectivity index (χ3v) is 4.34. The van der Waals surface area contributed by atoms with Gasteiger partial charge in [0.1, 0.15) is 5.75 Å². The van der Waals surface area contributed by atoms with E-state index in [1.807, 2.05) is 58.9 Å². The minimum absolute atomic E-state index is 0.361. The summed E-state index contributed by atoms with van der Waals surface area (Å²) in [5, 5.41) is 9.58. The molecule has 23 heavy (non-hydrogen) atoms. The Bertz CT molecular complexity index is 712. The Hall–Kier alpha value is -2.29. The van der Waals surface area contributed by atoms with Crippen molar-refractivity contribution in [3.63, 3.8) is 0 Å². The Morgan fingerprint density at radius 3 is 2.22 bits per heavy atom. The van der Waals surface area contributed by atoms with E-state index in [2.05, 4.69) is 6.07 Å². The van der Waals surface area contributed by atoms with Crippen LogP contribution >= 0.6 is 0 Å². The van der Waals surface area contributed by atoms with Gasteiger partial charge in [-0.05, 0) is 74.1 Å². The number of hydrogen-bond acceptors (Lipinski definition) is 2. The molecule has 0 fully saturated rings. The molecule has 0 saturated heterocycles. The highest BCUT2D eigenvalue weighted by molar-refractivity contribution is 5.73. The van der Waals surface area contributed by atoms with E-state index in [9.17, 15) is 9.90 Å². The largest absolute Gasteiger partial charge is 0.478 e. The Morgan fingerprint density at radius 2 is 1.65 bits per heavy atom. The van der Waals surface area contributed by atoms with Gasteiger partial charge in [0, 0.05) is 6.42 Å². The first-order chi connectivity index (χ1) is 10.8. The normalized spacial score (nSPS) is 12.0. The molecule has 1 N–H and O–H groups in total. The van der Waals surface area contributed by atoms with Crippen molar-refractivity contribution in [3.8, 4) is 5.75 Å². The van der Waals surface area contributed by atoms with Crippen LogP contribution in [0.1, 0.15) is 33.4 Å². The van der Waals surface area contributed by atoms with E-state index in [1.165, 1.54) is 0 Å². The zero-order chi connectivity index (χ0) is 17.1. The monoisotopic (exact) mass is 312 g/mol. The molecule has 3 nitrogen and oxygen atoms in total. The van der Waals surface area contributed by atoms with E-state index in [-0.39, 0.29) is 0 Å². The van der Waals surface area contributed by atoms with Crippen LogP contribution in [-0.4, -0.2) is 17.2 Å². The Morgan fingerprint density at radius 1 is 1.04 bits per heavy atom. The molecule has 2 aromatic rings. The van der Waals surface area contributed by atoms with Gasteiger partial charge in [-0.25, -0.2) is 4.79 Å². The molecule has 0 unspecified atom stereocenters. The number of aryl methyl sites for hydroxylation is 4. The first-order valence-corrected chi connectivity index (χ1v) is 7.82. The second-order valence-electron chi connectivity index (χ2n) is 6.22. The summed E-state index contributed by atoms with van der Waals surface area (Å²) in [4.78, 5) is 11.7. The number of benzene rings is 2. The second kappa shape index (κ2) is 6.86. The molecule has 0 aliphatic rings. The molecule has 2 rings (SSSR count). The van der Waals surface area contributed by atoms with Gasteiger partial charge in [-0.15, -0.1) is 0 Å². The molecule has 3 heteroatoms. The standard InChI is InChI=1S/C20H24O3/c1-12-9-15(4)16(5)18(10-12)23-19(20(21)22)11-17-13(2)7-6-8-14(17)3/h6-10,19H,11H2,1-5H3,(H,21,22)/t19-/m1/s1. The average molecular weight is 312 g/mol. The van der Waals surface area contributed by atoms with E-state index in [1.54, 1.807) is 0 Å². The minimum Gasteiger partial charge on any atom is -0.478 e. The minimum atomic E-state index is -0.939. The molecule has 0 spiro atoms. The quantitative estimate of drug-likeness (QED) is 0.895. The molecule has 0 aliphatic heterocycles. The summed E-state index contributed by atoms with van der Waals surface area (Å²) in [6.45, 7) is 9.96. The summed E-state index contributed by atoms with van der Waals surface area (Å²) in [5.41, 5.74) is 6.40. The van der Waals surface area contributed by atoms with E-state index in [0.717, 1.165) is 33.4 Å². The molecule has 1 atom stereocenters. The van der Waals surface area contributed by atoms with Crippen molar-refractivity contribution in [2.45, 2.75) is 47.1 Å². The highest BCUT2D eigenvalue weighted by Gasteiger charge is 2.23. The van der Waals surface area contributed by atoms with Gasteiger partial charge < -0.3 is 9.84 Å². The number of aliphatic carboxylic acids is 1. The smallest absolute Gasteiger partial charge is 0.345 e. The van der Waals surface area contributed by atoms with Gasteiger partial charge in [0.25, 0.3) is 0 Å². The lowest BCUT2D eigenvalue weighted by Crippen LogP contribution is -2.30. The van der Waals surface area contributed by atoms with Gasteiger partial charge in [0.2, 0.25) is 0 Å². The molecule has 0 radical (unpaired) electrons. The molecule has 0 heterocycles. The van der Waals surface area contributed by atoms with Crippen molar-refractivity contribution in [2.24, 2.45) is 0 Å². The number of rotatable bonds is 5. The summed E-state index contributed by atoms with van der Waals surface area (Å²) >= 11 is 0. The molecule has 122 valence electrons. The number of carboxylic acids is 1. The van der Waals surface area contributed by atoms with Crippen LogP contribution in [0.3, 0.4) is 0 Å². The molecule has 0 aromatic heterocycles. The van der Waals surface area contributed by atoms with Crippen molar-refractivity contribution >= 4 is 5.97 Å². The fraction of sp³-hybridized carbons (Fsp3) is 0.350. The highest BCUT2D eigenvalue weighted by atomic mass is 16.5. The number of carboxylic acid groups (broad SMARTS) is 1. The van der Waals surface area contributed by atoms with Crippen molar-refractivity contribution in [1.29, 1.82) is 0 Å². The summed E-state index contributed by atoms with van der Waals surface area (Å²) in [6.07, 6.45) is -0.532. The lowest BCUT2D eigenvalue weighted by atomic mass is 9.97. The van der Waals surface area contributed by atoms with E-state index >= 15 is 0 Å². The van der Waals surface area contributed by atoms with Crippen molar-refractivity contribution in [2.75, 3.05) is 0 Å². The van der Waals surface area contributed by atoms with Crippen molar-refractivity contribution < 1.29 is 14.6 Å². The average Bonchev–Trinajstić information content (AvgIpc) is 2.46. The SMILES string of the molecule is Cc1cc(C)c(C)c(O[C@H](Cc2c(C)cccc2C)C(=O)O)c1. The van der Waals surface area contributed by atoms with Crippen LogP contribution < -0.4 is 4.74 Å². The Kier molecular flexibility index (Phi) is 5.09. The zero-order valence-corrected chi connectivity index (χ0v) is 14.4. The molecule has 0 amide bonds. The maximum absolute atomic E-state index is 11.7. The lowest BCUT2D eigenvalue weighted by molar-refractivity contribution is -0.145. The summed E-state index contributed by atoms with van der Waals surface area (Å²) < 4.78 is 5.88. The second-order valence-corrected chi connectivity index (χ2v) is 6.22. The Labute approximate surface area is 137 Å². The number of ether oxygens (including phenoxy) is 1. The fourth-order valence-corrected chi connectivity index (χ4v) is 2.81. The zero-order valence-electron chi connectivity index (χ0n) is 14.4. The highest BCUT2D eigenvalue weighted by Crippen LogP contribution is 2.26. The molecule has 0 bridgehead atoms. The van der Waals surface area contributed by atoms with Crippen LogP contribution in [0.4, 0.5) is 0 Å². The summed E-state index contributed by atoms with van der Waals surface area (Å²) in [5.74, 6) is -0.285. The van der Waals surface area contributed by atoms with Crippen LogP contribution in [0.25, 0.3) is 0 Å². The van der Waals surface area contributed by atoms with Crippen LogP contribution in [0, 0.1) is 34.6 Å². The van der Waals surface area contributed by atoms with E-state index < -0.39 is 12.1 Å². The fourth-order valence-electron chi connectivity index (χ4n) is 2.81. The van der Waals surface area contributed by atoms with Crippen molar-refractivity contribution in [3.05, 3.63) is 63.7 Å². The van der Waals surface area contributed by atoms with Crippen LogP contribution in [0.5, 0.6) is 5.75 Å². The van der Waals surface area contributed by atoms with Crippen LogP contribution in [0.15, 0.2) is 30.3 Å². The van der Waals surface area contributed by atoms with Gasteiger partial charge in [-0.1, -0.05) is 24.3 Å². The number of hydrogen-bond donors (Lipinski definition) is 1. The first kappa shape index (κ1) is 17.1. The van der Waals surface area contributed by atoms with Gasteiger partial charge in [0.05, 0.1) is 0 Å². The van der Waals surface area contributed by atoms with Gasteiger partial charge in [0.15, 0.2) is 6.10 Å². The molecule has 0 saturated carbocycles. The third kappa shape index (κ3) is 3.92. The van der Waals surface area contributed by atoms with Gasteiger partial charge >= 0.3 is 5.97 Å². The molecule has 2 aromatic carbocycles. The maximum atomic E-state index is 11.7. The topological polar surface area (TPSA) is 46.5 Å². The van der Waals surface area contributed by atoms with Crippen molar-refractivity contribution in [1.82, 2.24) is 0 Å². The predicted octanol–water partition coefficient (Wildman–Crippen LogP) is 4.30. The molecule has 0 aliphatic carbocycles. The third-order valence-electron chi connectivity index (χ3n) is 4.34. The maximum Gasteiger partial charge on any atom is 0.345 e. The molecular weight excluding hydrogens is 288 g/mol. The summed E-state index contributed by atoms with van der Waals surface area (Å²) in [7, 11) is 0. The predicted molar refractivity (Wildman–Crippen MR) is 92.3 cm³/mol. The van der Waals surface area contributed by atoms with Gasteiger partial charge in [-0.2, -0.15) is 0 Å². The summed E-state index contributed by atoms with van der Waals surface area (Å²) in [6, 6.07) is 9.97. The lowest BCUT2D eigenvalue weighted by Gasteiger charge is -2.20. The van der Waals surface area contributed by atoms with E-state index in [0.29, 0.717) is 12.2 Å². The van der Waals surface area contributed by atoms with Crippen LogP contribution in [-0.2, 0) is 11.2 Å². The molecular formula is C20H24O3. The van der Waals surface area contributed by atoms with Crippen LogP contribution in [0.2, 0.25) is 0 Å². The number of carbonyl (C=O) groups is 1. The van der Waals surface area contributed by atoms with E-state index in [4.69, 9.17) is 4.74 Å². The first-order valence-electron chi connectivity index (χ1n) is 7.82.